The lowest BCUT2D eigenvalue weighted by molar-refractivity contribution is 0.193. The van der Waals surface area contributed by atoms with Crippen LogP contribution in [0.4, 0.5) is 0 Å². The molecule has 1 unspecified atom stereocenters. The highest BCUT2D eigenvalue weighted by molar-refractivity contribution is 5.47. The third-order valence-electron chi connectivity index (χ3n) is 2.37. The average molecular weight is 208 g/mol. The van der Waals surface area contributed by atoms with Crippen molar-refractivity contribution in [3.8, 4) is 11.5 Å². The van der Waals surface area contributed by atoms with E-state index >= 15 is 0 Å². The Morgan fingerprint density at radius 3 is 2.93 bits per heavy atom. The largest absolute Gasteiger partial charge is 0.490 e. The van der Waals surface area contributed by atoms with E-state index in [4.69, 9.17) is 9.47 Å². The van der Waals surface area contributed by atoms with Crippen molar-refractivity contribution < 1.29 is 14.6 Å². The first-order chi connectivity index (χ1) is 7.27. The molecule has 2 rings (SSSR count). The molecule has 3 nitrogen and oxygen atoms in total. The number of fused-ring (bicyclic) bond motifs is 1. The standard InChI is InChI=1S/C12H16O3/c1-9(13)8-10-4-2-5-11-12(10)15-7-3-6-14-11/h2,4-5,9,13H,3,6-8H2,1H3. The quantitative estimate of drug-likeness (QED) is 0.805. The van der Waals surface area contributed by atoms with Gasteiger partial charge < -0.3 is 14.6 Å². The third kappa shape index (κ3) is 2.42. The van der Waals surface area contributed by atoms with Crippen LogP contribution in [-0.2, 0) is 6.42 Å². The van der Waals surface area contributed by atoms with Gasteiger partial charge in [0.2, 0.25) is 0 Å². The van der Waals surface area contributed by atoms with E-state index in [0.29, 0.717) is 19.6 Å². The molecule has 1 N–H and O–H groups in total. The fourth-order valence-corrected chi connectivity index (χ4v) is 1.73. The first-order valence-corrected chi connectivity index (χ1v) is 5.33. The monoisotopic (exact) mass is 208 g/mol. The molecule has 82 valence electrons. The second kappa shape index (κ2) is 4.53. The summed E-state index contributed by atoms with van der Waals surface area (Å²) < 4.78 is 11.2. The third-order valence-corrected chi connectivity index (χ3v) is 2.37. The summed E-state index contributed by atoms with van der Waals surface area (Å²) in [4.78, 5) is 0. The lowest BCUT2D eigenvalue weighted by Gasteiger charge is -2.13. The molecule has 15 heavy (non-hydrogen) atoms. The van der Waals surface area contributed by atoms with Gasteiger partial charge in [-0.05, 0) is 13.0 Å². The molecule has 0 bridgehead atoms. The van der Waals surface area contributed by atoms with Crippen LogP contribution in [0.25, 0.3) is 0 Å². The summed E-state index contributed by atoms with van der Waals surface area (Å²) in [6.45, 7) is 3.16. The number of benzene rings is 1. The summed E-state index contributed by atoms with van der Waals surface area (Å²) >= 11 is 0. The first-order valence-electron chi connectivity index (χ1n) is 5.33. The van der Waals surface area contributed by atoms with Crippen molar-refractivity contribution >= 4 is 0 Å². The Hall–Kier alpha value is -1.22. The van der Waals surface area contributed by atoms with Gasteiger partial charge in [-0.1, -0.05) is 12.1 Å². The minimum absolute atomic E-state index is 0.358. The zero-order chi connectivity index (χ0) is 10.7. The molecule has 0 saturated carbocycles. The van der Waals surface area contributed by atoms with Gasteiger partial charge in [0.25, 0.3) is 0 Å². The molecular weight excluding hydrogens is 192 g/mol. The van der Waals surface area contributed by atoms with Crippen LogP contribution in [0, 0.1) is 0 Å². The van der Waals surface area contributed by atoms with Gasteiger partial charge in [-0.25, -0.2) is 0 Å². The maximum Gasteiger partial charge on any atom is 0.164 e. The molecule has 0 spiro atoms. The molecule has 1 atom stereocenters. The predicted octanol–water partition coefficient (Wildman–Crippen LogP) is 1.77. The highest BCUT2D eigenvalue weighted by Gasteiger charge is 2.15. The zero-order valence-corrected chi connectivity index (χ0v) is 8.90. The van der Waals surface area contributed by atoms with Crippen molar-refractivity contribution in [3.63, 3.8) is 0 Å². The van der Waals surface area contributed by atoms with Crippen LogP contribution in [0.2, 0.25) is 0 Å². The molecule has 0 fully saturated rings. The van der Waals surface area contributed by atoms with Gasteiger partial charge in [0.15, 0.2) is 11.5 Å². The van der Waals surface area contributed by atoms with Crippen molar-refractivity contribution in [1.82, 2.24) is 0 Å². The van der Waals surface area contributed by atoms with Gasteiger partial charge >= 0.3 is 0 Å². The maximum absolute atomic E-state index is 9.38. The molecule has 0 aliphatic carbocycles. The van der Waals surface area contributed by atoms with Crippen molar-refractivity contribution in [3.05, 3.63) is 23.8 Å². The summed E-state index contributed by atoms with van der Waals surface area (Å²) in [7, 11) is 0. The summed E-state index contributed by atoms with van der Waals surface area (Å²) in [5.41, 5.74) is 1.02. The van der Waals surface area contributed by atoms with E-state index in [9.17, 15) is 5.11 Å². The van der Waals surface area contributed by atoms with Crippen LogP contribution in [0.1, 0.15) is 18.9 Å². The van der Waals surface area contributed by atoms with E-state index in [-0.39, 0.29) is 6.10 Å². The smallest absolute Gasteiger partial charge is 0.164 e. The molecular formula is C12H16O3. The number of rotatable bonds is 2. The summed E-state index contributed by atoms with van der Waals surface area (Å²) in [6, 6.07) is 5.82. The van der Waals surface area contributed by atoms with E-state index in [1.54, 1.807) is 6.92 Å². The number of ether oxygens (including phenoxy) is 2. The molecule has 1 aliphatic heterocycles. The SMILES string of the molecule is CC(O)Cc1cccc2c1OCCCO2. The summed E-state index contributed by atoms with van der Waals surface area (Å²) in [5.74, 6) is 1.60. The van der Waals surface area contributed by atoms with Gasteiger partial charge in [0, 0.05) is 18.4 Å². The maximum atomic E-state index is 9.38. The lowest BCUT2D eigenvalue weighted by Crippen LogP contribution is -2.06. The minimum atomic E-state index is -0.358. The van der Waals surface area contributed by atoms with E-state index in [0.717, 1.165) is 23.5 Å². The van der Waals surface area contributed by atoms with Crippen LogP contribution in [0.3, 0.4) is 0 Å². The molecule has 0 radical (unpaired) electrons. The molecule has 0 saturated heterocycles. The number of hydrogen-bond acceptors (Lipinski definition) is 3. The Balaban J connectivity index is 2.30. The second-order valence-corrected chi connectivity index (χ2v) is 3.85. The fraction of sp³-hybridized carbons (Fsp3) is 0.500. The molecule has 0 aromatic heterocycles. The Kier molecular flexibility index (Phi) is 3.11. The van der Waals surface area contributed by atoms with Crippen LogP contribution in [-0.4, -0.2) is 24.4 Å². The van der Waals surface area contributed by atoms with Crippen LogP contribution < -0.4 is 9.47 Å². The van der Waals surface area contributed by atoms with Crippen molar-refractivity contribution in [2.75, 3.05) is 13.2 Å². The van der Waals surface area contributed by atoms with Gasteiger partial charge in [-0.3, -0.25) is 0 Å². The van der Waals surface area contributed by atoms with Crippen molar-refractivity contribution in [2.45, 2.75) is 25.9 Å². The first kappa shape index (κ1) is 10.3. The normalized spacial score (nSPS) is 16.9. The molecule has 1 aliphatic rings. The van der Waals surface area contributed by atoms with Crippen LogP contribution in [0.15, 0.2) is 18.2 Å². The Morgan fingerprint density at radius 2 is 2.13 bits per heavy atom. The molecule has 1 heterocycles. The van der Waals surface area contributed by atoms with Gasteiger partial charge in [-0.15, -0.1) is 0 Å². The van der Waals surface area contributed by atoms with E-state index in [2.05, 4.69) is 0 Å². The number of aliphatic hydroxyl groups excluding tert-OH is 1. The predicted molar refractivity (Wildman–Crippen MR) is 57.4 cm³/mol. The molecule has 1 aromatic rings. The van der Waals surface area contributed by atoms with E-state index in [1.165, 1.54) is 0 Å². The molecule has 3 heteroatoms. The highest BCUT2D eigenvalue weighted by Crippen LogP contribution is 2.33. The van der Waals surface area contributed by atoms with Crippen molar-refractivity contribution in [1.29, 1.82) is 0 Å². The van der Waals surface area contributed by atoms with Crippen LogP contribution in [0.5, 0.6) is 11.5 Å². The minimum Gasteiger partial charge on any atom is -0.490 e. The lowest BCUT2D eigenvalue weighted by atomic mass is 10.1. The zero-order valence-electron chi connectivity index (χ0n) is 8.90. The number of para-hydroxylation sites is 1. The molecule has 0 amide bonds. The Morgan fingerprint density at radius 1 is 1.33 bits per heavy atom. The number of aliphatic hydroxyl groups is 1. The highest BCUT2D eigenvalue weighted by atomic mass is 16.5. The van der Waals surface area contributed by atoms with E-state index < -0.39 is 0 Å². The van der Waals surface area contributed by atoms with E-state index in [1.807, 2.05) is 18.2 Å². The van der Waals surface area contributed by atoms with Gasteiger partial charge in [0.05, 0.1) is 19.3 Å². The van der Waals surface area contributed by atoms with Crippen molar-refractivity contribution in [2.24, 2.45) is 0 Å². The topological polar surface area (TPSA) is 38.7 Å². The Labute approximate surface area is 89.6 Å². The van der Waals surface area contributed by atoms with Gasteiger partial charge in [-0.2, -0.15) is 0 Å². The van der Waals surface area contributed by atoms with Crippen LogP contribution >= 0.6 is 0 Å². The second-order valence-electron chi connectivity index (χ2n) is 3.85. The fourth-order valence-electron chi connectivity index (χ4n) is 1.73. The summed E-state index contributed by atoms with van der Waals surface area (Å²) in [6.07, 6.45) is 1.15. The summed E-state index contributed by atoms with van der Waals surface area (Å²) in [5, 5.41) is 9.38. The molecule has 1 aromatic carbocycles. The average Bonchev–Trinajstić information content (AvgIpc) is 2.42. The Bertz CT molecular complexity index is 334. The van der Waals surface area contributed by atoms with Gasteiger partial charge in [0.1, 0.15) is 0 Å². The number of hydrogen-bond donors (Lipinski definition) is 1.